The van der Waals surface area contributed by atoms with Gasteiger partial charge in [-0.3, -0.25) is 0 Å². The summed E-state index contributed by atoms with van der Waals surface area (Å²) >= 11 is 11.9. The Morgan fingerprint density at radius 3 is 2.55 bits per heavy atom. The van der Waals surface area contributed by atoms with Gasteiger partial charge in [-0.15, -0.1) is 0 Å². The Hall–Kier alpha value is -1.52. The fraction of sp³-hybridized carbons (Fsp3) is 0.375. The van der Waals surface area contributed by atoms with Crippen LogP contribution in [0.15, 0.2) is 24.3 Å². The van der Waals surface area contributed by atoms with Gasteiger partial charge in [-0.1, -0.05) is 37.0 Å². The molecule has 0 radical (unpaired) electrons. The summed E-state index contributed by atoms with van der Waals surface area (Å²) in [5, 5.41) is 7.49. The van der Waals surface area contributed by atoms with Crippen LogP contribution in [-0.4, -0.2) is 16.5 Å². The first-order valence-electron chi connectivity index (χ1n) is 7.25. The zero-order chi connectivity index (χ0) is 16.1. The molecule has 0 aliphatic carbocycles. The molecule has 0 atom stereocenters. The quantitative estimate of drug-likeness (QED) is 0.750. The van der Waals surface area contributed by atoms with Crippen LogP contribution in [0, 0.1) is 12.8 Å². The topological polar surface area (TPSA) is 49.8 Å². The zero-order valence-electron chi connectivity index (χ0n) is 13.0. The van der Waals surface area contributed by atoms with Crippen LogP contribution in [0.4, 0.5) is 17.5 Å². The van der Waals surface area contributed by atoms with Gasteiger partial charge in [0.15, 0.2) is 0 Å². The van der Waals surface area contributed by atoms with E-state index in [-0.39, 0.29) is 0 Å². The zero-order valence-corrected chi connectivity index (χ0v) is 14.5. The third kappa shape index (κ3) is 5.04. The summed E-state index contributed by atoms with van der Waals surface area (Å²) in [5.74, 6) is 2.00. The molecule has 4 nitrogen and oxygen atoms in total. The van der Waals surface area contributed by atoms with Crippen LogP contribution in [0.2, 0.25) is 10.0 Å². The van der Waals surface area contributed by atoms with Crippen LogP contribution in [0.5, 0.6) is 0 Å². The Labute approximate surface area is 141 Å². The lowest BCUT2D eigenvalue weighted by atomic mass is 10.1. The maximum Gasteiger partial charge on any atom is 0.229 e. The van der Waals surface area contributed by atoms with E-state index in [1.54, 1.807) is 12.1 Å². The molecule has 2 rings (SSSR count). The smallest absolute Gasteiger partial charge is 0.229 e. The Morgan fingerprint density at radius 2 is 1.86 bits per heavy atom. The van der Waals surface area contributed by atoms with Crippen molar-refractivity contribution >= 4 is 40.7 Å². The minimum atomic E-state index is 0.495. The molecule has 0 bridgehead atoms. The van der Waals surface area contributed by atoms with Crippen LogP contribution in [-0.2, 0) is 0 Å². The fourth-order valence-electron chi connectivity index (χ4n) is 1.91. The number of nitrogens with zero attached hydrogens (tertiary/aromatic N) is 2. The largest absolute Gasteiger partial charge is 0.370 e. The van der Waals surface area contributed by atoms with Crippen LogP contribution in [0.3, 0.4) is 0 Å². The fourth-order valence-corrected chi connectivity index (χ4v) is 2.20. The molecule has 0 fully saturated rings. The SMILES string of the molecule is Cc1cc(NCCC(C)C)nc(Nc2ccc(Cl)c(Cl)c2)n1. The lowest BCUT2D eigenvalue weighted by Crippen LogP contribution is -2.08. The van der Waals surface area contributed by atoms with Crippen molar-refractivity contribution in [2.75, 3.05) is 17.2 Å². The Kier molecular flexibility index (Phi) is 5.86. The average molecular weight is 339 g/mol. The van der Waals surface area contributed by atoms with E-state index in [1.807, 2.05) is 19.1 Å². The molecule has 0 saturated carbocycles. The van der Waals surface area contributed by atoms with Crippen molar-refractivity contribution in [2.45, 2.75) is 27.2 Å². The number of halogens is 2. The second-order valence-corrected chi connectivity index (χ2v) is 6.40. The van der Waals surface area contributed by atoms with Gasteiger partial charge in [-0.05, 0) is 37.5 Å². The van der Waals surface area contributed by atoms with Crippen LogP contribution in [0.1, 0.15) is 26.0 Å². The van der Waals surface area contributed by atoms with E-state index >= 15 is 0 Å². The van der Waals surface area contributed by atoms with Gasteiger partial charge >= 0.3 is 0 Å². The van der Waals surface area contributed by atoms with Crippen molar-refractivity contribution in [1.29, 1.82) is 0 Å². The molecule has 1 heterocycles. The van der Waals surface area contributed by atoms with Crippen LogP contribution >= 0.6 is 23.2 Å². The number of nitrogens with one attached hydrogen (secondary N) is 2. The van der Waals surface area contributed by atoms with Gasteiger partial charge in [0.05, 0.1) is 10.0 Å². The molecule has 22 heavy (non-hydrogen) atoms. The first kappa shape index (κ1) is 16.8. The van der Waals surface area contributed by atoms with E-state index in [9.17, 15) is 0 Å². The van der Waals surface area contributed by atoms with Gasteiger partial charge in [0.2, 0.25) is 5.95 Å². The number of anilines is 3. The van der Waals surface area contributed by atoms with Gasteiger partial charge in [0, 0.05) is 24.0 Å². The first-order chi connectivity index (χ1) is 10.4. The third-order valence-electron chi connectivity index (χ3n) is 3.06. The molecule has 2 N–H and O–H groups in total. The molecule has 1 aromatic heterocycles. The summed E-state index contributed by atoms with van der Waals surface area (Å²) in [6, 6.07) is 7.26. The molecule has 0 unspecified atom stereocenters. The average Bonchev–Trinajstić information content (AvgIpc) is 2.42. The highest BCUT2D eigenvalue weighted by Crippen LogP contribution is 2.26. The third-order valence-corrected chi connectivity index (χ3v) is 3.80. The lowest BCUT2D eigenvalue weighted by Gasteiger charge is -2.11. The second kappa shape index (κ2) is 7.65. The normalized spacial score (nSPS) is 10.8. The minimum Gasteiger partial charge on any atom is -0.370 e. The number of hydrogen-bond acceptors (Lipinski definition) is 4. The Balaban J connectivity index is 2.10. The molecule has 0 spiro atoms. The number of hydrogen-bond donors (Lipinski definition) is 2. The Bertz CT molecular complexity index is 644. The predicted molar refractivity (Wildman–Crippen MR) is 94.5 cm³/mol. The molecule has 118 valence electrons. The molecule has 1 aromatic carbocycles. The monoisotopic (exact) mass is 338 g/mol. The van der Waals surface area contributed by atoms with E-state index in [0.717, 1.165) is 30.2 Å². The van der Waals surface area contributed by atoms with Crippen molar-refractivity contribution < 1.29 is 0 Å². The van der Waals surface area contributed by atoms with E-state index in [4.69, 9.17) is 23.2 Å². The van der Waals surface area contributed by atoms with E-state index in [0.29, 0.717) is 21.9 Å². The van der Waals surface area contributed by atoms with Gasteiger partial charge in [-0.2, -0.15) is 4.98 Å². The summed E-state index contributed by atoms with van der Waals surface area (Å²) in [7, 11) is 0. The van der Waals surface area contributed by atoms with Gasteiger partial charge in [0.25, 0.3) is 0 Å². The highest BCUT2D eigenvalue weighted by Gasteiger charge is 2.05. The summed E-state index contributed by atoms with van der Waals surface area (Å²) in [6.45, 7) is 7.23. The maximum atomic E-state index is 6.02. The number of aryl methyl sites for hydroxylation is 1. The number of rotatable bonds is 6. The van der Waals surface area contributed by atoms with Gasteiger partial charge in [0.1, 0.15) is 5.82 Å². The standard InChI is InChI=1S/C16H20Cl2N4/c1-10(2)6-7-19-15-8-11(3)20-16(22-15)21-12-4-5-13(17)14(18)9-12/h4-5,8-10H,6-7H2,1-3H3,(H2,19,20,21,22). The predicted octanol–water partition coefficient (Wildman–Crippen LogP) is 5.29. The summed E-state index contributed by atoms with van der Waals surface area (Å²) < 4.78 is 0. The van der Waals surface area contributed by atoms with E-state index in [2.05, 4.69) is 34.4 Å². The highest BCUT2D eigenvalue weighted by atomic mass is 35.5. The Morgan fingerprint density at radius 1 is 1.09 bits per heavy atom. The van der Waals surface area contributed by atoms with E-state index < -0.39 is 0 Å². The van der Waals surface area contributed by atoms with Crippen LogP contribution in [0.25, 0.3) is 0 Å². The van der Waals surface area contributed by atoms with E-state index in [1.165, 1.54) is 0 Å². The molecule has 6 heteroatoms. The van der Waals surface area contributed by atoms with Gasteiger partial charge in [-0.25, -0.2) is 4.98 Å². The highest BCUT2D eigenvalue weighted by molar-refractivity contribution is 6.42. The molecule has 2 aromatic rings. The lowest BCUT2D eigenvalue weighted by molar-refractivity contribution is 0.606. The second-order valence-electron chi connectivity index (χ2n) is 5.58. The van der Waals surface area contributed by atoms with Crippen molar-refractivity contribution in [3.8, 4) is 0 Å². The summed E-state index contributed by atoms with van der Waals surface area (Å²) in [4.78, 5) is 8.85. The van der Waals surface area contributed by atoms with Gasteiger partial charge < -0.3 is 10.6 Å². The number of benzene rings is 1. The van der Waals surface area contributed by atoms with Crippen molar-refractivity contribution in [3.63, 3.8) is 0 Å². The number of aromatic nitrogens is 2. The van der Waals surface area contributed by atoms with Crippen molar-refractivity contribution in [1.82, 2.24) is 9.97 Å². The molecule has 0 aliphatic rings. The molecular formula is C16H20Cl2N4. The maximum absolute atomic E-state index is 6.02. The van der Waals surface area contributed by atoms with Crippen molar-refractivity contribution in [3.05, 3.63) is 40.0 Å². The molecule has 0 amide bonds. The first-order valence-corrected chi connectivity index (χ1v) is 8.01. The summed E-state index contributed by atoms with van der Waals surface area (Å²) in [6.07, 6.45) is 1.10. The molecule has 0 aliphatic heterocycles. The van der Waals surface area contributed by atoms with Crippen LogP contribution < -0.4 is 10.6 Å². The molecular weight excluding hydrogens is 319 g/mol. The molecule has 0 saturated heterocycles. The van der Waals surface area contributed by atoms with Crippen molar-refractivity contribution in [2.24, 2.45) is 5.92 Å². The summed E-state index contributed by atoms with van der Waals surface area (Å²) in [5.41, 5.74) is 1.69. The minimum absolute atomic E-state index is 0.495.